The lowest BCUT2D eigenvalue weighted by molar-refractivity contribution is 0.351. The maximum atomic E-state index is 9.89. The molecule has 1 aromatic heterocycles. The minimum Gasteiger partial charge on any atom is -0.498 e. The highest BCUT2D eigenvalue weighted by Crippen LogP contribution is 2.15. The number of nitrogens with zero attached hydrogens (tertiary/aromatic N) is 3. The van der Waals surface area contributed by atoms with Crippen molar-refractivity contribution in [2.24, 2.45) is 0 Å². The molecule has 0 saturated heterocycles. The zero-order valence-corrected chi connectivity index (χ0v) is 7.14. The summed E-state index contributed by atoms with van der Waals surface area (Å²) >= 11 is 0. The molecule has 1 aromatic rings. The lowest BCUT2D eigenvalue weighted by Gasteiger charge is -2.00. The normalized spacial score (nSPS) is 8.46. The molecule has 0 fully saturated rings. The van der Waals surface area contributed by atoms with E-state index in [2.05, 4.69) is 21.0 Å². The summed E-state index contributed by atoms with van der Waals surface area (Å²) in [5.41, 5.74) is 0.290. The molecule has 0 atom stereocenters. The van der Waals surface area contributed by atoms with Gasteiger partial charge in [0.25, 0.3) is 0 Å². The Balaban J connectivity index is 3.13. The first-order valence-electron chi connectivity index (χ1n) is 3.35. The van der Waals surface area contributed by atoms with E-state index in [0.29, 0.717) is 5.56 Å². The Morgan fingerprint density at radius 1 is 1.46 bits per heavy atom. The first-order valence-corrected chi connectivity index (χ1v) is 3.35. The molecular formula is C7H7N3O3. The van der Waals surface area contributed by atoms with E-state index in [1.807, 2.05) is 0 Å². The van der Waals surface area contributed by atoms with Crippen molar-refractivity contribution in [3.8, 4) is 18.0 Å². The second kappa shape index (κ2) is 4.11. The van der Waals surface area contributed by atoms with Crippen LogP contribution in [0.2, 0.25) is 0 Å². The van der Waals surface area contributed by atoms with Gasteiger partial charge in [-0.1, -0.05) is 0 Å². The molecule has 0 radical (unpaired) electrons. The van der Waals surface area contributed by atoms with Crippen molar-refractivity contribution in [3.63, 3.8) is 0 Å². The van der Waals surface area contributed by atoms with E-state index >= 15 is 0 Å². The van der Waals surface area contributed by atoms with Crippen LogP contribution in [0.3, 0.4) is 0 Å². The minimum atomic E-state index is 0.160. The van der Waals surface area contributed by atoms with E-state index in [1.54, 1.807) is 0 Å². The van der Waals surface area contributed by atoms with Crippen LogP contribution >= 0.6 is 0 Å². The molecule has 68 valence electrons. The lowest BCUT2D eigenvalue weighted by Crippen LogP contribution is -1.97. The van der Waals surface area contributed by atoms with Gasteiger partial charge in [0.2, 0.25) is 5.88 Å². The van der Waals surface area contributed by atoms with Gasteiger partial charge < -0.3 is 14.7 Å². The fraction of sp³-hybridized carbons (Fsp3) is 0.286. The zero-order valence-electron chi connectivity index (χ0n) is 7.14. The van der Waals surface area contributed by atoms with Crippen LogP contribution in [-0.2, 0) is 0 Å². The molecule has 0 spiro atoms. The monoisotopic (exact) mass is 181 g/mol. The van der Waals surface area contributed by atoms with Crippen molar-refractivity contribution >= 4 is 0 Å². The summed E-state index contributed by atoms with van der Waals surface area (Å²) in [5.74, 6) is 0.200. The third kappa shape index (κ3) is 1.96. The maximum absolute atomic E-state index is 9.89. The molecule has 1 rings (SSSR count). The second-order valence-corrected chi connectivity index (χ2v) is 1.98. The predicted molar refractivity (Wildman–Crippen MR) is 44.9 cm³/mol. The average Bonchev–Trinajstić information content (AvgIpc) is 2.19. The molecule has 13 heavy (non-hydrogen) atoms. The Morgan fingerprint density at radius 2 is 2.23 bits per heavy atom. The molecular weight excluding hydrogens is 174 g/mol. The Bertz CT molecular complexity index is 356. The standard InChI is InChI=1S/C7H7N3O3/c1-12-6-5(4-9-11)3-8-7(10-6)13-2/h3H,1-2H3. The van der Waals surface area contributed by atoms with E-state index < -0.39 is 0 Å². The number of aromatic nitrogens is 2. The van der Waals surface area contributed by atoms with Crippen LogP contribution in [0.15, 0.2) is 6.20 Å². The molecule has 6 heteroatoms. The van der Waals surface area contributed by atoms with Gasteiger partial charge in [0, 0.05) is 5.01 Å². The molecule has 1 heterocycles. The first-order chi connectivity index (χ1) is 6.31. The summed E-state index contributed by atoms with van der Waals surface area (Å²) in [5, 5.41) is 12.4. The number of hydrogen-bond donors (Lipinski definition) is 0. The van der Waals surface area contributed by atoms with E-state index in [1.165, 1.54) is 20.4 Å². The van der Waals surface area contributed by atoms with Gasteiger partial charge in [-0.05, 0) is 0 Å². The van der Waals surface area contributed by atoms with Crippen LogP contribution < -0.4 is 9.47 Å². The summed E-state index contributed by atoms with van der Waals surface area (Å²) < 4.78 is 9.60. The highest BCUT2D eigenvalue weighted by atomic mass is 16.5. The van der Waals surface area contributed by atoms with Gasteiger partial charge >= 0.3 is 12.1 Å². The van der Waals surface area contributed by atoms with Crippen molar-refractivity contribution < 1.29 is 9.47 Å². The van der Waals surface area contributed by atoms with Crippen LogP contribution in [0.1, 0.15) is 5.56 Å². The van der Waals surface area contributed by atoms with Crippen LogP contribution in [-0.4, -0.2) is 24.2 Å². The van der Waals surface area contributed by atoms with Crippen molar-refractivity contribution in [2.45, 2.75) is 0 Å². The van der Waals surface area contributed by atoms with E-state index in [0.717, 1.165) is 0 Å². The van der Waals surface area contributed by atoms with Crippen LogP contribution in [0, 0.1) is 11.3 Å². The second-order valence-electron chi connectivity index (χ2n) is 1.98. The first kappa shape index (κ1) is 9.06. The number of methoxy groups -OCH3 is 2. The van der Waals surface area contributed by atoms with Crippen molar-refractivity contribution in [2.75, 3.05) is 14.2 Å². The fourth-order valence-electron chi connectivity index (χ4n) is 0.731. The Hall–Kier alpha value is -2.03. The maximum Gasteiger partial charge on any atom is 0.344 e. The summed E-state index contributed by atoms with van der Waals surface area (Å²) in [6.07, 6.45) is 1.34. The fourth-order valence-corrected chi connectivity index (χ4v) is 0.731. The number of hydrogen-bond acceptors (Lipinski definition) is 5. The van der Waals surface area contributed by atoms with Crippen molar-refractivity contribution in [3.05, 3.63) is 22.0 Å². The summed E-state index contributed by atoms with van der Waals surface area (Å²) in [7, 11) is 2.84. The average molecular weight is 181 g/mol. The van der Waals surface area contributed by atoms with Crippen LogP contribution in [0.5, 0.6) is 11.9 Å². The van der Waals surface area contributed by atoms with E-state index in [9.17, 15) is 5.21 Å². The smallest absolute Gasteiger partial charge is 0.344 e. The molecule has 6 nitrogen and oxygen atoms in total. The Morgan fingerprint density at radius 3 is 2.77 bits per heavy atom. The topological polar surface area (TPSA) is 71.7 Å². The van der Waals surface area contributed by atoms with Gasteiger partial charge in [-0.15, -0.1) is 0 Å². The van der Waals surface area contributed by atoms with Gasteiger partial charge in [0.1, 0.15) is 0 Å². The Kier molecular flexibility index (Phi) is 2.87. The van der Waals surface area contributed by atoms with Gasteiger partial charge in [0.15, 0.2) is 5.56 Å². The van der Waals surface area contributed by atoms with Gasteiger partial charge in [-0.25, -0.2) is 4.98 Å². The van der Waals surface area contributed by atoms with Crippen molar-refractivity contribution in [1.82, 2.24) is 9.97 Å². The predicted octanol–water partition coefficient (Wildman–Crippen LogP) is 0.673. The quantitative estimate of drug-likeness (QED) is 0.627. The zero-order chi connectivity index (χ0) is 9.68. The third-order valence-corrected chi connectivity index (χ3v) is 1.27. The SMILES string of the molecule is COc1ncc(C#[N+][O-])c(OC)n1. The summed E-state index contributed by atoms with van der Waals surface area (Å²) in [6, 6.07) is 2.30. The van der Waals surface area contributed by atoms with E-state index in [4.69, 9.17) is 9.47 Å². The van der Waals surface area contributed by atoms with Crippen molar-refractivity contribution in [1.29, 1.82) is 0 Å². The van der Waals surface area contributed by atoms with E-state index in [-0.39, 0.29) is 11.9 Å². The van der Waals surface area contributed by atoms with Gasteiger partial charge in [0.05, 0.1) is 20.4 Å². The summed E-state index contributed by atoms with van der Waals surface area (Å²) in [6.45, 7) is 0. The molecule has 0 bridgehead atoms. The van der Waals surface area contributed by atoms with Gasteiger partial charge in [-0.3, -0.25) is 0 Å². The van der Waals surface area contributed by atoms with Crippen LogP contribution in [0.4, 0.5) is 0 Å². The molecule has 0 amide bonds. The summed E-state index contributed by atoms with van der Waals surface area (Å²) in [4.78, 5) is 7.56. The minimum absolute atomic E-state index is 0.160. The highest BCUT2D eigenvalue weighted by molar-refractivity contribution is 5.38. The number of ether oxygens (including phenoxy) is 2. The lowest BCUT2D eigenvalue weighted by atomic mass is 10.4. The highest BCUT2D eigenvalue weighted by Gasteiger charge is 2.09. The van der Waals surface area contributed by atoms with Gasteiger partial charge in [-0.2, -0.15) is 4.98 Å². The Labute approximate surface area is 74.5 Å². The molecule has 0 aromatic carbocycles. The number of rotatable bonds is 2. The van der Waals surface area contributed by atoms with Crippen LogP contribution in [0.25, 0.3) is 5.01 Å². The molecule has 0 aliphatic rings. The largest absolute Gasteiger partial charge is 0.498 e. The third-order valence-electron chi connectivity index (χ3n) is 1.27. The molecule has 0 unspecified atom stereocenters. The molecule has 0 aliphatic heterocycles. The molecule has 0 N–H and O–H groups in total. The molecule has 0 aliphatic carbocycles. The molecule has 0 saturated carbocycles.